The Morgan fingerprint density at radius 1 is 1.18 bits per heavy atom. The second kappa shape index (κ2) is 8.62. The van der Waals surface area contributed by atoms with Gasteiger partial charge in [0.1, 0.15) is 11.9 Å². The molecule has 1 saturated heterocycles. The van der Waals surface area contributed by atoms with Crippen LogP contribution in [-0.2, 0) is 11.3 Å². The fraction of sp³-hybridized carbons (Fsp3) is 0.478. The second-order valence-corrected chi connectivity index (χ2v) is 8.31. The largest absolute Gasteiger partial charge is 0.326 e. The highest BCUT2D eigenvalue weighted by Crippen LogP contribution is 2.27. The number of likely N-dealkylation sites (tertiary alicyclic amines) is 1. The Bertz CT molecular complexity index is 868. The van der Waals surface area contributed by atoms with Crippen molar-refractivity contribution >= 4 is 11.7 Å². The van der Waals surface area contributed by atoms with Crippen molar-refractivity contribution in [2.75, 3.05) is 25.0 Å². The lowest BCUT2D eigenvalue weighted by atomic mass is 9.92. The summed E-state index contributed by atoms with van der Waals surface area (Å²) < 4.78 is 2.04. The van der Waals surface area contributed by atoms with E-state index in [4.69, 9.17) is 0 Å². The zero-order valence-electron chi connectivity index (χ0n) is 17.3. The van der Waals surface area contributed by atoms with Crippen LogP contribution in [-0.4, -0.2) is 35.0 Å². The number of nitrogens with zero attached hydrogens (tertiary/aromatic N) is 3. The minimum absolute atomic E-state index is 0.0513. The number of hydrogen-bond donors (Lipinski definition) is 1. The lowest BCUT2D eigenvalue weighted by Crippen LogP contribution is -2.43. The van der Waals surface area contributed by atoms with Gasteiger partial charge in [-0.2, -0.15) is 5.26 Å². The summed E-state index contributed by atoms with van der Waals surface area (Å²) in [6, 6.07) is 12.4. The first-order valence-electron chi connectivity index (χ1n) is 10.0. The Labute approximate surface area is 168 Å². The molecule has 1 aromatic carbocycles. The predicted molar refractivity (Wildman–Crippen MR) is 112 cm³/mol. The molecule has 1 aliphatic rings. The summed E-state index contributed by atoms with van der Waals surface area (Å²) in [5.74, 6) is 1.78. The van der Waals surface area contributed by atoms with Crippen LogP contribution in [0.4, 0.5) is 5.82 Å². The van der Waals surface area contributed by atoms with E-state index in [0.29, 0.717) is 36.3 Å². The van der Waals surface area contributed by atoms with E-state index >= 15 is 0 Å². The molecule has 1 aromatic heterocycles. The zero-order chi connectivity index (χ0) is 20.3. The summed E-state index contributed by atoms with van der Waals surface area (Å²) in [5, 5.41) is 12.7. The lowest BCUT2D eigenvalue weighted by molar-refractivity contribution is -0.117. The van der Waals surface area contributed by atoms with Gasteiger partial charge in [0, 0.05) is 25.3 Å². The van der Waals surface area contributed by atoms with Crippen molar-refractivity contribution in [1.82, 2.24) is 9.47 Å². The molecule has 1 amide bonds. The normalized spacial score (nSPS) is 20.0. The van der Waals surface area contributed by atoms with Crippen molar-refractivity contribution in [3.05, 3.63) is 52.7 Å². The fourth-order valence-corrected chi connectivity index (χ4v) is 4.39. The number of nitrogens with one attached hydrogen (secondary N) is 1. The first-order valence-corrected chi connectivity index (χ1v) is 10.0. The second-order valence-electron chi connectivity index (χ2n) is 8.31. The van der Waals surface area contributed by atoms with Gasteiger partial charge >= 0.3 is 0 Å². The summed E-state index contributed by atoms with van der Waals surface area (Å²) in [6.07, 6.45) is 1.22. The van der Waals surface area contributed by atoms with Gasteiger partial charge in [-0.25, -0.2) is 0 Å². The van der Waals surface area contributed by atoms with Crippen LogP contribution >= 0.6 is 0 Å². The van der Waals surface area contributed by atoms with E-state index in [1.165, 1.54) is 6.42 Å². The standard InChI is InChI=1S/C23H30N4O/c1-16-10-17(2)13-26(12-16)15-22(28)25-23-21(11-24)18(3)19(4)27(23)14-20-8-6-5-7-9-20/h5-9,16-17H,10,12-15H2,1-4H3,(H,25,28)/t16-,17-/m0/s1. The topological polar surface area (TPSA) is 61.1 Å². The van der Waals surface area contributed by atoms with Crippen LogP contribution in [0.3, 0.4) is 0 Å². The number of amides is 1. The predicted octanol–water partition coefficient (Wildman–Crippen LogP) is 3.94. The Balaban J connectivity index is 1.81. The van der Waals surface area contributed by atoms with Gasteiger partial charge in [0.2, 0.25) is 5.91 Å². The van der Waals surface area contributed by atoms with Crippen molar-refractivity contribution < 1.29 is 4.79 Å². The number of rotatable bonds is 5. The average molecular weight is 379 g/mol. The lowest BCUT2D eigenvalue weighted by Gasteiger charge is -2.34. The summed E-state index contributed by atoms with van der Waals surface area (Å²) in [4.78, 5) is 15.0. The molecule has 2 heterocycles. The van der Waals surface area contributed by atoms with Crippen molar-refractivity contribution in [3.63, 3.8) is 0 Å². The van der Waals surface area contributed by atoms with E-state index in [2.05, 4.69) is 42.3 Å². The van der Waals surface area contributed by atoms with Crippen LogP contribution < -0.4 is 5.32 Å². The fourth-order valence-electron chi connectivity index (χ4n) is 4.39. The monoisotopic (exact) mass is 378 g/mol. The number of carbonyl (C=O) groups is 1. The smallest absolute Gasteiger partial charge is 0.239 e. The zero-order valence-corrected chi connectivity index (χ0v) is 17.3. The number of benzene rings is 1. The maximum atomic E-state index is 12.8. The molecule has 5 heteroatoms. The third kappa shape index (κ3) is 4.45. The van der Waals surface area contributed by atoms with E-state index in [1.54, 1.807) is 0 Å². The molecular formula is C23H30N4O. The van der Waals surface area contributed by atoms with Gasteiger partial charge < -0.3 is 9.88 Å². The summed E-state index contributed by atoms with van der Waals surface area (Å²) in [6.45, 7) is 11.3. The van der Waals surface area contributed by atoms with Gasteiger partial charge in [0.15, 0.2) is 0 Å². The number of nitriles is 1. The molecule has 148 valence electrons. The number of piperidine rings is 1. The van der Waals surface area contributed by atoms with Crippen LogP contribution in [0.2, 0.25) is 0 Å². The van der Waals surface area contributed by atoms with Gasteiger partial charge in [-0.15, -0.1) is 0 Å². The van der Waals surface area contributed by atoms with Crippen LogP contribution in [0.1, 0.15) is 42.7 Å². The van der Waals surface area contributed by atoms with E-state index in [1.807, 2.05) is 36.6 Å². The summed E-state index contributed by atoms with van der Waals surface area (Å²) in [5.41, 5.74) is 3.63. The molecule has 28 heavy (non-hydrogen) atoms. The molecule has 0 unspecified atom stereocenters. The molecule has 3 rings (SSSR count). The van der Waals surface area contributed by atoms with Gasteiger partial charge in [-0.3, -0.25) is 9.69 Å². The van der Waals surface area contributed by atoms with Crippen LogP contribution in [0.25, 0.3) is 0 Å². The SMILES string of the molecule is Cc1c(C#N)c(NC(=O)CN2C[C@@H](C)C[C@H](C)C2)n(Cc2ccccc2)c1C. The number of aromatic nitrogens is 1. The molecule has 1 N–H and O–H groups in total. The van der Waals surface area contributed by atoms with Gasteiger partial charge in [-0.1, -0.05) is 44.2 Å². The summed E-state index contributed by atoms with van der Waals surface area (Å²) in [7, 11) is 0. The number of carbonyl (C=O) groups excluding carboxylic acids is 1. The average Bonchev–Trinajstić information content (AvgIpc) is 2.85. The highest BCUT2D eigenvalue weighted by atomic mass is 16.2. The third-order valence-electron chi connectivity index (χ3n) is 5.69. The highest BCUT2D eigenvalue weighted by molar-refractivity contribution is 5.93. The number of anilines is 1. The van der Waals surface area contributed by atoms with Crippen LogP contribution in [0, 0.1) is 37.0 Å². The van der Waals surface area contributed by atoms with Crippen LogP contribution in [0.5, 0.6) is 0 Å². The van der Waals surface area contributed by atoms with Crippen molar-refractivity contribution in [3.8, 4) is 6.07 Å². The van der Waals surface area contributed by atoms with Gasteiger partial charge in [0.05, 0.1) is 12.1 Å². The molecule has 0 saturated carbocycles. The van der Waals surface area contributed by atoms with E-state index in [0.717, 1.165) is 29.9 Å². The van der Waals surface area contributed by atoms with Crippen molar-refractivity contribution in [2.45, 2.75) is 40.7 Å². The molecule has 0 aliphatic carbocycles. The van der Waals surface area contributed by atoms with Crippen molar-refractivity contribution in [2.24, 2.45) is 11.8 Å². The van der Waals surface area contributed by atoms with Crippen LogP contribution in [0.15, 0.2) is 30.3 Å². The first kappa shape index (κ1) is 20.2. The Kier molecular flexibility index (Phi) is 6.21. The van der Waals surface area contributed by atoms with E-state index in [9.17, 15) is 10.1 Å². The maximum absolute atomic E-state index is 12.8. The molecule has 5 nitrogen and oxygen atoms in total. The minimum atomic E-state index is -0.0513. The highest BCUT2D eigenvalue weighted by Gasteiger charge is 2.25. The van der Waals surface area contributed by atoms with E-state index < -0.39 is 0 Å². The quantitative estimate of drug-likeness (QED) is 0.857. The van der Waals surface area contributed by atoms with Crippen molar-refractivity contribution in [1.29, 1.82) is 5.26 Å². The molecule has 2 atom stereocenters. The molecule has 0 radical (unpaired) electrons. The molecular weight excluding hydrogens is 348 g/mol. The van der Waals surface area contributed by atoms with E-state index in [-0.39, 0.29) is 5.91 Å². The Hall–Kier alpha value is -2.58. The van der Waals surface area contributed by atoms with Gasteiger partial charge in [0.25, 0.3) is 0 Å². The molecule has 1 fully saturated rings. The molecule has 0 bridgehead atoms. The minimum Gasteiger partial charge on any atom is -0.326 e. The third-order valence-corrected chi connectivity index (χ3v) is 5.69. The Morgan fingerprint density at radius 2 is 1.82 bits per heavy atom. The first-order chi connectivity index (χ1) is 13.4. The Morgan fingerprint density at radius 3 is 2.43 bits per heavy atom. The molecule has 1 aliphatic heterocycles. The maximum Gasteiger partial charge on any atom is 0.239 e. The molecule has 0 spiro atoms. The van der Waals surface area contributed by atoms with Gasteiger partial charge in [-0.05, 0) is 43.2 Å². The summed E-state index contributed by atoms with van der Waals surface area (Å²) >= 11 is 0. The molecule has 2 aromatic rings. The number of hydrogen-bond acceptors (Lipinski definition) is 3.